The van der Waals surface area contributed by atoms with Crippen molar-refractivity contribution in [3.63, 3.8) is 0 Å². The Morgan fingerprint density at radius 2 is 1.92 bits per heavy atom. The maximum atomic E-state index is 12.9. The van der Waals surface area contributed by atoms with Crippen LogP contribution >= 0.6 is 0 Å². The van der Waals surface area contributed by atoms with E-state index in [-0.39, 0.29) is 5.82 Å². The Hall–Kier alpha value is -1.18. The molecule has 1 aliphatic rings. The molecule has 1 aliphatic carbocycles. The van der Waals surface area contributed by atoms with Gasteiger partial charge < -0.3 is 4.79 Å². The smallest absolute Gasteiger partial charge is 0.126 e. The van der Waals surface area contributed by atoms with Crippen molar-refractivity contribution >= 4 is 6.29 Å². The third-order valence-electron chi connectivity index (χ3n) is 1.92. The molecule has 13 heavy (non-hydrogen) atoms. The summed E-state index contributed by atoms with van der Waals surface area (Å²) in [4.78, 5) is 8.81. The van der Waals surface area contributed by atoms with Crippen LogP contribution in [-0.2, 0) is 4.79 Å². The standard InChI is InChI=1S/C9H9F.C2H4O/c10-9-4-2-1-3-8(9)7-5-6-7;1-2-3/h1-4,7H,5-6H2;2H,1H3. The van der Waals surface area contributed by atoms with E-state index in [0.29, 0.717) is 5.92 Å². The molecule has 1 aromatic rings. The minimum Gasteiger partial charge on any atom is -0.304 e. The van der Waals surface area contributed by atoms with Crippen LogP contribution in [0.15, 0.2) is 24.3 Å². The minimum absolute atomic E-state index is 0.0370. The molecule has 0 bridgehead atoms. The zero-order valence-corrected chi connectivity index (χ0v) is 7.66. The lowest BCUT2D eigenvalue weighted by Gasteiger charge is -1.96. The lowest BCUT2D eigenvalue weighted by Crippen LogP contribution is -1.83. The summed E-state index contributed by atoms with van der Waals surface area (Å²) in [7, 11) is 0. The first-order valence-electron chi connectivity index (χ1n) is 4.43. The summed E-state index contributed by atoms with van der Waals surface area (Å²) in [5, 5.41) is 0. The van der Waals surface area contributed by atoms with Crippen LogP contribution in [0.5, 0.6) is 0 Å². The average Bonchev–Trinajstić information content (AvgIpc) is 2.89. The van der Waals surface area contributed by atoms with Crippen LogP contribution in [-0.4, -0.2) is 6.29 Å². The average molecular weight is 180 g/mol. The van der Waals surface area contributed by atoms with Gasteiger partial charge in [0.25, 0.3) is 0 Å². The molecule has 0 atom stereocenters. The third kappa shape index (κ3) is 2.98. The topological polar surface area (TPSA) is 17.1 Å². The van der Waals surface area contributed by atoms with Crippen molar-refractivity contribution in [2.45, 2.75) is 25.7 Å². The van der Waals surface area contributed by atoms with Gasteiger partial charge in [-0.3, -0.25) is 0 Å². The Balaban J connectivity index is 0.000000251. The van der Waals surface area contributed by atoms with E-state index in [0.717, 1.165) is 11.8 Å². The second-order valence-corrected chi connectivity index (χ2v) is 3.03. The van der Waals surface area contributed by atoms with E-state index in [4.69, 9.17) is 4.79 Å². The number of benzene rings is 1. The molecule has 1 fully saturated rings. The predicted molar refractivity (Wildman–Crippen MR) is 50.1 cm³/mol. The molecule has 1 saturated carbocycles. The van der Waals surface area contributed by atoms with E-state index in [1.54, 1.807) is 6.07 Å². The quantitative estimate of drug-likeness (QED) is 0.607. The number of carbonyl (C=O) groups is 1. The molecule has 0 amide bonds. The van der Waals surface area contributed by atoms with Gasteiger partial charge in [0.1, 0.15) is 12.1 Å². The van der Waals surface area contributed by atoms with E-state index in [2.05, 4.69) is 0 Å². The Kier molecular flexibility index (Phi) is 3.62. The molecular weight excluding hydrogens is 167 g/mol. The van der Waals surface area contributed by atoms with Crippen molar-refractivity contribution in [3.05, 3.63) is 35.6 Å². The highest BCUT2D eigenvalue weighted by Gasteiger charge is 2.25. The fourth-order valence-corrected chi connectivity index (χ4v) is 1.20. The lowest BCUT2D eigenvalue weighted by atomic mass is 10.1. The molecule has 70 valence electrons. The largest absolute Gasteiger partial charge is 0.304 e. The summed E-state index contributed by atoms with van der Waals surface area (Å²) in [6.07, 6.45) is 3.09. The van der Waals surface area contributed by atoms with Crippen molar-refractivity contribution in [1.29, 1.82) is 0 Å². The molecule has 0 saturated heterocycles. The molecule has 0 radical (unpaired) electrons. The summed E-state index contributed by atoms with van der Waals surface area (Å²) < 4.78 is 12.9. The first kappa shape index (κ1) is 9.90. The van der Waals surface area contributed by atoms with E-state index < -0.39 is 0 Å². The van der Waals surface area contributed by atoms with Gasteiger partial charge in [-0.1, -0.05) is 18.2 Å². The van der Waals surface area contributed by atoms with Gasteiger partial charge in [-0.2, -0.15) is 0 Å². The van der Waals surface area contributed by atoms with Crippen molar-refractivity contribution in [2.75, 3.05) is 0 Å². The Morgan fingerprint density at radius 3 is 2.38 bits per heavy atom. The molecule has 0 aliphatic heterocycles. The van der Waals surface area contributed by atoms with Gasteiger partial charge in [0.2, 0.25) is 0 Å². The van der Waals surface area contributed by atoms with Crippen molar-refractivity contribution in [3.8, 4) is 0 Å². The molecule has 1 nitrogen and oxygen atoms in total. The first-order chi connectivity index (χ1) is 6.29. The number of rotatable bonds is 1. The summed E-state index contributed by atoms with van der Waals surface area (Å²) in [6, 6.07) is 7.05. The summed E-state index contributed by atoms with van der Waals surface area (Å²) in [5.74, 6) is 0.492. The molecular formula is C11H13FO. The fourth-order valence-electron chi connectivity index (χ4n) is 1.20. The zero-order valence-electron chi connectivity index (χ0n) is 7.66. The van der Waals surface area contributed by atoms with E-state index >= 15 is 0 Å². The molecule has 0 spiro atoms. The van der Waals surface area contributed by atoms with E-state index in [1.807, 2.05) is 12.1 Å². The molecule has 2 heteroatoms. The van der Waals surface area contributed by atoms with Crippen LogP contribution in [0.2, 0.25) is 0 Å². The van der Waals surface area contributed by atoms with Gasteiger partial charge in [-0.15, -0.1) is 0 Å². The highest BCUT2D eigenvalue weighted by atomic mass is 19.1. The SMILES string of the molecule is CC=O.Fc1ccccc1C1CC1. The predicted octanol–water partition coefficient (Wildman–Crippen LogP) is 2.91. The van der Waals surface area contributed by atoms with Gasteiger partial charge in [0.05, 0.1) is 0 Å². The monoisotopic (exact) mass is 180 g/mol. The van der Waals surface area contributed by atoms with Gasteiger partial charge in [0.15, 0.2) is 0 Å². The maximum Gasteiger partial charge on any atom is 0.126 e. The maximum absolute atomic E-state index is 12.9. The van der Waals surface area contributed by atoms with Crippen molar-refractivity contribution in [1.82, 2.24) is 0 Å². The van der Waals surface area contributed by atoms with Crippen LogP contribution in [0, 0.1) is 5.82 Å². The fraction of sp³-hybridized carbons (Fsp3) is 0.364. The first-order valence-corrected chi connectivity index (χ1v) is 4.43. The van der Waals surface area contributed by atoms with Crippen LogP contribution in [0.4, 0.5) is 4.39 Å². The summed E-state index contributed by atoms with van der Waals surface area (Å²) in [5.41, 5.74) is 0.905. The minimum atomic E-state index is -0.0370. The van der Waals surface area contributed by atoms with Crippen LogP contribution < -0.4 is 0 Å². The molecule has 0 unspecified atom stereocenters. The highest BCUT2D eigenvalue weighted by molar-refractivity contribution is 5.44. The van der Waals surface area contributed by atoms with E-state index in [1.165, 1.54) is 25.8 Å². The molecule has 0 aromatic heterocycles. The number of hydrogen-bond donors (Lipinski definition) is 0. The van der Waals surface area contributed by atoms with Gasteiger partial charge >= 0.3 is 0 Å². The Morgan fingerprint density at radius 1 is 1.38 bits per heavy atom. The van der Waals surface area contributed by atoms with Gasteiger partial charge in [-0.05, 0) is 37.3 Å². The van der Waals surface area contributed by atoms with Crippen LogP contribution in [0.1, 0.15) is 31.2 Å². The second-order valence-electron chi connectivity index (χ2n) is 3.03. The van der Waals surface area contributed by atoms with Gasteiger partial charge in [-0.25, -0.2) is 4.39 Å². The van der Waals surface area contributed by atoms with Crippen LogP contribution in [0.3, 0.4) is 0 Å². The molecule has 0 heterocycles. The van der Waals surface area contributed by atoms with Gasteiger partial charge in [0, 0.05) is 0 Å². The van der Waals surface area contributed by atoms with Crippen LogP contribution in [0.25, 0.3) is 0 Å². The number of carbonyl (C=O) groups excluding carboxylic acids is 1. The zero-order chi connectivity index (χ0) is 9.68. The Labute approximate surface area is 77.6 Å². The normalized spacial score (nSPS) is 14.3. The van der Waals surface area contributed by atoms with Crippen molar-refractivity contribution < 1.29 is 9.18 Å². The second kappa shape index (κ2) is 4.75. The number of hydrogen-bond acceptors (Lipinski definition) is 1. The summed E-state index contributed by atoms with van der Waals surface area (Å²) in [6.45, 7) is 1.44. The van der Waals surface area contributed by atoms with Crippen molar-refractivity contribution in [2.24, 2.45) is 0 Å². The third-order valence-corrected chi connectivity index (χ3v) is 1.92. The Bertz CT molecular complexity index is 279. The summed E-state index contributed by atoms with van der Waals surface area (Å²) >= 11 is 0. The van der Waals surface area contributed by atoms with E-state index in [9.17, 15) is 4.39 Å². The highest BCUT2D eigenvalue weighted by Crippen LogP contribution is 2.40. The molecule has 1 aromatic carbocycles. The number of halogens is 1. The number of aldehydes is 1. The molecule has 2 rings (SSSR count). The molecule has 0 N–H and O–H groups in total. The lowest BCUT2D eigenvalue weighted by molar-refractivity contribution is -0.106.